The van der Waals surface area contributed by atoms with Crippen LogP contribution in [-0.2, 0) is 14.8 Å². The van der Waals surface area contributed by atoms with E-state index in [-0.39, 0.29) is 17.1 Å². The third kappa shape index (κ3) is 6.53. The lowest BCUT2D eigenvalue weighted by atomic mass is 9.99. The van der Waals surface area contributed by atoms with Crippen LogP contribution >= 0.6 is 0 Å². The van der Waals surface area contributed by atoms with Gasteiger partial charge in [-0.15, -0.1) is 0 Å². The molecule has 1 N–H and O–H groups in total. The summed E-state index contributed by atoms with van der Waals surface area (Å²) in [4.78, 5) is 15.1. The van der Waals surface area contributed by atoms with E-state index in [1.165, 1.54) is 49.2 Å². The Balaban J connectivity index is 1.64. The molecule has 0 radical (unpaired) electrons. The molecule has 2 aromatic carbocycles. The van der Waals surface area contributed by atoms with E-state index in [0.29, 0.717) is 6.54 Å². The fourth-order valence-electron chi connectivity index (χ4n) is 3.76. The van der Waals surface area contributed by atoms with E-state index in [4.69, 9.17) is 0 Å². The molecule has 6 nitrogen and oxygen atoms in total. The fourth-order valence-corrected chi connectivity index (χ4v) is 5.18. The summed E-state index contributed by atoms with van der Waals surface area (Å²) in [7, 11) is -3.99. The molecule has 2 aromatic rings. The van der Waals surface area contributed by atoms with Crippen molar-refractivity contribution in [1.29, 1.82) is 0 Å². The number of nitrogens with zero attached hydrogens (tertiary/aromatic N) is 2. The molecule has 1 saturated heterocycles. The highest BCUT2D eigenvalue weighted by Gasteiger charge is 2.27. The number of anilines is 1. The molecule has 0 bridgehead atoms. The molecule has 0 spiro atoms. The summed E-state index contributed by atoms with van der Waals surface area (Å²) in [5, 5.41) is 2.83. The van der Waals surface area contributed by atoms with Crippen LogP contribution in [0.3, 0.4) is 0 Å². The predicted molar refractivity (Wildman–Crippen MR) is 125 cm³/mol. The van der Waals surface area contributed by atoms with Crippen LogP contribution in [-0.4, -0.2) is 51.9 Å². The highest BCUT2D eigenvalue weighted by Crippen LogP contribution is 2.24. The lowest BCUT2D eigenvalue weighted by Crippen LogP contribution is -2.42. The van der Waals surface area contributed by atoms with Crippen LogP contribution in [0.2, 0.25) is 0 Å². The topological polar surface area (TPSA) is 69.7 Å². The molecular formula is C24H32FN3O3S. The number of amides is 1. The van der Waals surface area contributed by atoms with E-state index in [9.17, 15) is 17.6 Å². The number of hydrogen-bond acceptors (Lipinski definition) is 4. The number of nitrogens with one attached hydrogen (secondary N) is 1. The number of carbonyl (C=O) groups is 1. The van der Waals surface area contributed by atoms with E-state index >= 15 is 0 Å². The molecule has 0 aromatic heterocycles. The van der Waals surface area contributed by atoms with Crippen molar-refractivity contribution in [3.8, 4) is 0 Å². The first-order valence-electron chi connectivity index (χ1n) is 11.1. The molecule has 0 aliphatic carbocycles. The zero-order valence-corrected chi connectivity index (χ0v) is 19.6. The van der Waals surface area contributed by atoms with Crippen LogP contribution in [0.5, 0.6) is 0 Å². The third-order valence-corrected chi connectivity index (χ3v) is 7.65. The summed E-state index contributed by atoms with van der Waals surface area (Å²) in [5.41, 5.74) is 1.17. The van der Waals surface area contributed by atoms with Gasteiger partial charge in [0.15, 0.2) is 0 Å². The van der Waals surface area contributed by atoms with Gasteiger partial charge in [0, 0.05) is 6.54 Å². The maximum absolute atomic E-state index is 13.4. The molecule has 0 atom stereocenters. The Morgan fingerprint density at radius 1 is 1.09 bits per heavy atom. The first-order chi connectivity index (χ1) is 15.3. The van der Waals surface area contributed by atoms with Gasteiger partial charge in [0.05, 0.1) is 10.6 Å². The highest BCUT2D eigenvalue weighted by atomic mass is 32.2. The van der Waals surface area contributed by atoms with Crippen LogP contribution < -0.4 is 9.62 Å². The van der Waals surface area contributed by atoms with E-state index in [1.807, 2.05) is 6.92 Å². The molecule has 1 fully saturated rings. The highest BCUT2D eigenvalue weighted by molar-refractivity contribution is 7.92. The number of sulfonamides is 1. The molecule has 8 heteroatoms. The number of benzene rings is 2. The molecule has 3 rings (SSSR count). The SMILES string of the molecule is Cc1ccc(S(=O)(=O)N(CC(=O)NCCCN2CCC(C)CC2)c2ccc(F)cc2)cc1. The summed E-state index contributed by atoms with van der Waals surface area (Å²) in [5.74, 6) is -0.0888. The molecule has 1 aliphatic rings. The molecule has 32 heavy (non-hydrogen) atoms. The van der Waals surface area contributed by atoms with E-state index in [1.54, 1.807) is 12.1 Å². The molecule has 1 heterocycles. The van der Waals surface area contributed by atoms with Gasteiger partial charge in [-0.05, 0) is 88.1 Å². The van der Waals surface area contributed by atoms with Crippen LogP contribution in [0.1, 0.15) is 31.7 Å². The third-order valence-electron chi connectivity index (χ3n) is 5.86. The van der Waals surface area contributed by atoms with E-state index in [2.05, 4.69) is 17.1 Å². The summed E-state index contributed by atoms with van der Waals surface area (Å²) in [6, 6.07) is 11.5. The van der Waals surface area contributed by atoms with Gasteiger partial charge in [0.1, 0.15) is 12.4 Å². The molecular weight excluding hydrogens is 429 g/mol. The second-order valence-electron chi connectivity index (χ2n) is 8.53. The standard InChI is InChI=1S/C24H32FN3O3S/c1-19-4-10-23(11-5-19)32(30,31)28(22-8-6-21(25)7-9-22)18-24(29)26-14-3-15-27-16-12-20(2)13-17-27/h4-11,20H,3,12-18H2,1-2H3,(H,26,29). The second-order valence-corrected chi connectivity index (χ2v) is 10.4. The average Bonchev–Trinajstić information content (AvgIpc) is 2.77. The van der Waals surface area contributed by atoms with Gasteiger partial charge in [0.25, 0.3) is 10.0 Å². The van der Waals surface area contributed by atoms with Crippen LogP contribution in [0.25, 0.3) is 0 Å². The Kier molecular flexibility index (Phi) is 8.26. The maximum atomic E-state index is 13.4. The van der Waals surface area contributed by atoms with Gasteiger partial charge in [-0.2, -0.15) is 0 Å². The predicted octanol–water partition coefficient (Wildman–Crippen LogP) is 3.57. The minimum absolute atomic E-state index is 0.0829. The van der Waals surface area contributed by atoms with Crippen LogP contribution in [0, 0.1) is 18.7 Å². The van der Waals surface area contributed by atoms with Crippen molar-refractivity contribution in [2.75, 3.05) is 37.0 Å². The molecule has 174 valence electrons. The minimum atomic E-state index is -3.99. The summed E-state index contributed by atoms with van der Waals surface area (Å²) in [6.45, 7) is 7.33. The zero-order chi connectivity index (χ0) is 23.1. The average molecular weight is 462 g/mol. The summed E-state index contributed by atoms with van der Waals surface area (Å²) < 4.78 is 41.0. The Bertz CT molecular complexity index is 986. The number of hydrogen-bond donors (Lipinski definition) is 1. The number of carbonyl (C=O) groups excluding carboxylic acids is 1. The number of likely N-dealkylation sites (tertiary alicyclic amines) is 1. The Morgan fingerprint density at radius 3 is 2.34 bits per heavy atom. The first-order valence-corrected chi connectivity index (χ1v) is 12.5. The fraction of sp³-hybridized carbons (Fsp3) is 0.458. The maximum Gasteiger partial charge on any atom is 0.264 e. The second kappa shape index (κ2) is 10.9. The molecule has 0 unspecified atom stereocenters. The Hall–Kier alpha value is -2.45. The Morgan fingerprint density at radius 2 is 1.72 bits per heavy atom. The van der Waals surface area contributed by atoms with Gasteiger partial charge in [-0.3, -0.25) is 9.10 Å². The van der Waals surface area contributed by atoms with Crippen molar-refractivity contribution in [3.63, 3.8) is 0 Å². The van der Waals surface area contributed by atoms with Crippen molar-refractivity contribution < 1.29 is 17.6 Å². The van der Waals surface area contributed by atoms with Crippen molar-refractivity contribution >= 4 is 21.6 Å². The largest absolute Gasteiger partial charge is 0.354 e. The normalized spacial score (nSPS) is 15.5. The number of rotatable bonds is 9. The van der Waals surface area contributed by atoms with E-state index < -0.39 is 21.7 Å². The first kappa shape index (κ1) is 24.2. The quantitative estimate of drug-likeness (QED) is 0.580. The molecule has 1 amide bonds. The lowest BCUT2D eigenvalue weighted by molar-refractivity contribution is -0.119. The van der Waals surface area contributed by atoms with Crippen molar-refractivity contribution in [2.24, 2.45) is 5.92 Å². The smallest absolute Gasteiger partial charge is 0.264 e. The number of aryl methyl sites for hydroxylation is 1. The van der Waals surface area contributed by atoms with E-state index in [0.717, 1.165) is 41.8 Å². The van der Waals surface area contributed by atoms with Gasteiger partial charge >= 0.3 is 0 Å². The van der Waals surface area contributed by atoms with Gasteiger partial charge in [0.2, 0.25) is 5.91 Å². The van der Waals surface area contributed by atoms with Crippen molar-refractivity contribution in [2.45, 2.75) is 38.0 Å². The monoisotopic (exact) mass is 461 g/mol. The van der Waals surface area contributed by atoms with Crippen molar-refractivity contribution in [1.82, 2.24) is 10.2 Å². The Labute approximate surface area is 190 Å². The summed E-state index contributed by atoms with van der Waals surface area (Å²) in [6.07, 6.45) is 3.22. The molecule has 0 saturated carbocycles. The van der Waals surface area contributed by atoms with Gasteiger partial charge < -0.3 is 10.2 Å². The van der Waals surface area contributed by atoms with Crippen LogP contribution in [0.4, 0.5) is 10.1 Å². The van der Waals surface area contributed by atoms with Crippen LogP contribution in [0.15, 0.2) is 53.4 Å². The summed E-state index contributed by atoms with van der Waals surface area (Å²) >= 11 is 0. The number of halogens is 1. The van der Waals surface area contributed by atoms with Crippen molar-refractivity contribution in [3.05, 3.63) is 59.9 Å². The number of piperidine rings is 1. The minimum Gasteiger partial charge on any atom is -0.354 e. The van der Waals surface area contributed by atoms with Gasteiger partial charge in [-0.25, -0.2) is 12.8 Å². The lowest BCUT2D eigenvalue weighted by Gasteiger charge is -2.30. The zero-order valence-electron chi connectivity index (χ0n) is 18.8. The molecule has 1 aliphatic heterocycles. The van der Waals surface area contributed by atoms with Gasteiger partial charge in [-0.1, -0.05) is 24.6 Å².